The number of nitrogens with zero attached hydrogens (tertiary/aromatic N) is 2. The van der Waals surface area contributed by atoms with Crippen molar-refractivity contribution in [2.75, 3.05) is 6.54 Å². The van der Waals surface area contributed by atoms with Gasteiger partial charge >= 0.3 is 5.97 Å². The molecule has 0 unspecified atom stereocenters. The minimum absolute atomic E-state index is 0.0293. The van der Waals surface area contributed by atoms with Crippen LogP contribution in [0.3, 0.4) is 0 Å². The van der Waals surface area contributed by atoms with Gasteiger partial charge in [-0.25, -0.2) is 13.2 Å². The summed E-state index contributed by atoms with van der Waals surface area (Å²) >= 11 is 0. The van der Waals surface area contributed by atoms with Crippen LogP contribution in [-0.2, 0) is 34.3 Å². The van der Waals surface area contributed by atoms with Crippen molar-refractivity contribution in [1.82, 2.24) is 4.31 Å². The van der Waals surface area contributed by atoms with E-state index in [0.29, 0.717) is 18.5 Å². The van der Waals surface area contributed by atoms with E-state index < -0.39 is 20.9 Å². The number of carbonyl (C=O) groups is 1. The fourth-order valence-electron chi connectivity index (χ4n) is 3.55. The molecular formula is C23H20N2O6S. The number of nitro benzene ring substituents is 1. The van der Waals surface area contributed by atoms with Crippen molar-refractivity contribution in [2.45, 2.75) is 24.5 Å². The molecule has 0 amide bonds. The summed E-state index contributed by atoms with van der Waals surface area (Å²) in [6.07, 6.45) is 0.631. The molecule has 0 aliphatic carbocycles. The summed E-state index contributed by atoms with van der Waals surface area (Å²) in [6.45, 7) is 0.568. The summed E-state index contributed by atoms with van der Waals surface area (Å²) in [6, 6.07) is 19.2. The maximum atomic E-state index is 13.2. The number of esters is 1. The number of carbonyl (C=O) groups excluding carboxylic acids is 1. The Hall–Kier alpha value is -3.56. The summed E-state index contributed by atoms with van der Waals surface area (Å²) < 4.78 is 33.0. The summed E-state index contributed by atoms with van der Waals surface area (Å²) in [5.41, 5.74) is 2.76. The second-order valence-corrected chi connectivity index (χ2v) is 9.32. The predicted octanol–water partition coefficient (Wildman–Crippen LogP) is 3.70. The monoisotopic (exact) mass is 452 g/mol. The van der Waals surface area contributed by atoms with Crippen molar-refractivity contribution in [3.63, 3.8) is 0 Å². The van der Waals surface area contributed by atoms with Crippen molar-refractivity contribution < 1.29 is 22.9 Å². The first-order valence-electron chi connectivity index (χ1n) is 9.92. The molecule has 0 fully saturated rings. The second kappa shape index (κ2) is 8.89. The zero-order valence-corrected chi connectivity index (χ0v) is 17.8. The van der Waals surface area contributed by atoms with Crippen molar-refractivity contribution in [1.29, 1.82) is 0 Å². The normalized spacial score (nSPS) is 13.9. The quantitative estimate of drug-likeness (QED) is 0.321. The lowest BCUT2D eigenvalue weighted by Crippen LogP contribution is -2.36. The van der Waals surface area contributed by atoms with E-state index in [0.717, 1.165) is 11.1 Å². The maximum absolute atomic E-state index is 13.2. The third-order valence-corrected chi connectivity index (χ3v) is 7.16. The van der Waals surface area contributed by atoms with Crippen molar-refractivity contribution >= 4 is 21.7 Å². The van der Waals surface area contributed by atoms with E-state index in [4.69, 9.17) is 4.74 Å². The molecule has 0 bridgehead atoms. The third kappa shape index (κ3) is 4.53. The molecule has 32 heavy (non-hydrogen) atoms. The molecule has 0 spiro atoms. The van der Waals surface area contributed by atoms with Crippen LogP contribution in [0.5, 0.6) is 0 Å². The fourth-order valence-corrected chi connectivity index (χ4v) is 5.02. The fraction of sp³-hybridized carbons (Fsp3) is 0.174. The Labute approximate surface area is 185 Å². The highest BCUT2D eigenvalue weighted by Crippen LogP contribution is 2.25. The van der Waals surface area contributed by atoms with Crippen molar-refractivity contribution in [3.05, 3.63) is 105 Å². The van der Waals surface area contributed by atoms with Crippen LogP contribution in [-0.4, -0.2) is 30.2 Å². The second-order valence-electron chi connectivity index (χ2n) is 7.38. The van der Waals surface area contributed by atoms with Crippen molar-refractivity contribution in [2.24, 2.45) is 0 Å². The smallest absolute Gasteiger partial charge is 0.338 e. The largest absolute Gasteiger partial charge is 0.457 e. The molecule has 0 radical (unpaired) electrons. The number of benzene rings is 3. The van der Waals surface area contributed by atoms with E-state index >= 15 is 0 Å². The van der Waals surface area contributed by atoms with Crippen LogP contribution in [0.15, 0.2) is 77.7 Å². The zero-order valence-electron chi connectivity index (χ0n) is 17.0. The van der Waals surface area contributed by atoms with E-state index in [1.165, 1.54) is 52.8 Å². The third-order valence-electron chi connectivity index (χ3n) is 5.32. The number of fused-ring (bicyclic) bond motifs is 1. The number of hydrogen-bond acceptors (Lipinski definition) is 6. The average Bonchev–Trinajstić information content (AvgIpc) is 2.82. The van der Waals surface area contributed by atoms with Crippen LogP contribution < -0.4 is 0 Å². The van der Waals surface area contributed by atoms with Gasteiger partial charge in [-0.15, -0.1) is 0 Å². The SMILES string of the molecule is O=C(OCc1ccc([N+](=O)[O-])cc1)c1cccc(S(=O)(=O)N2CCc3ccccc3C2)c1. The van der Waals surface area contributed by atoms with Gasteiger partial charge in [0.2, 0.25) is 10.0 Å². The summed E-state index contributed by atoms with van der Waals surface area (Å²) in [4.78, 5) is 22.7. The van der Waals surface area contributed by atoms with Gasteiger partial charge in [-0.2, -0.15) is 4.31 Å². The van der Waals surface area contributed by atoms with Gasteiger partial charge in [0.15, 0.2) is 0 Å². The minimum atomic E-state index is -3.78. The lowest BCUT2D eigenvalue weighted by molar-refractivity contribution is -0.384. The Morgan fingerprint density at radius 1 is 1.00 bits per heavy atom. The van der Waals surface area contributed by atoms with Gasteiger partial charge in [0.25, 0.3) is 5.69 Å². The molecule has 0 aromatic heterocycles. The lowest BCUT2D eigenvalue weighted by Gasteiger charge is -2.28. The Kier molecular flexibility index (Phi) is 6.02. The van der Waals surface area contributed by atoms with E-state index in [2.05, 4.69) is 0 Å². The summed E-state index contributed by atoms with van der Waals surface area (Å²) in [5.74, 6) is -0.676. The number of sulfonamides is 1. The topological polar surface area (TPSA) is 107 Å². The number of non-ortho nitro benzene ring substituents is 1. The minimum Gasteiger partial charge on any atom is -0.457 e. The van der Waals surface area contributed by atoms with Crippen molar-refractivity contribution in [3.8, 4) is 0 Å². The maximum Gasteiger partial charge on any atom is 0.338 e. The number of rotatable bonds is 6. The highest BCUT2D eigenvalue weighted by atomic mass is 32.2. The highest BCUT2D eigenvalue weighted by molar-refractivity contribution is 7.89. The molecule has 0 N–H and O–H groups in total. The number of ether oxygens (including phenoxy) is 1. The van der Waals surface area contributed by atoms with E-state index in [-0.39, 0.29) is 29.3 Å². The standard InChI is InChI=1S/C23H20N2O6S/c26-23(31-16-17-8-10-21(11-9-17)25(27)28)19-6-3-7-22(14-19)32(29,30)24-13-12-18-4-1-2-5-20(18)15-24/h1-11,14H,12-13,15-16H2. The first-order valence-corrected chi connectivity index (χ1v) is 11.4. The molecule has 4 rings (SSSR count). The highest BCUT2D eigenvalue weighted by Gasteiger charge is 2.28. The molecule has 1 aliphatic rings. The Balaban J connectivity index is 1.46. The molecule has 0 saturated heterocycles. The Morgan fingerprint density at radius 2 is 1.72 bits per heavy atom. The lowest BCUT2D eigenvalue weighted by atomic mass is 10.0. The van der Waals surface area contributed by atoms with Gasteiger partial charge in [-0.3, -0.25) is 10.1 Å². The molecule has 164 valence electrons. The molecule has 0 atom stereocenters. The molecule has 1 aliphatic heterocycles. The van der Waals surface area contributed by atoms with Gasteiger partial charge in [0.1, 0.15) is 6.61 Å². The molecule has 0 saturated carbocycles. The van der Waals surface area contributed by atoms with Crippen LogP contribution in [0.4, 0.5) is 5.69 Å². The molecule has 1 heterocycles. The summed E-state index contributed by atoms with van der Waals surface area (Å²) in [7, 11) is -3.78. The van der Waals surface area contributed by atoms with Gasteiger partial charge in [0.05, 0.1) is 15.4 Å². The van der Waals surface area contributed by atoms with E-state index in [1.807, 2.05) is 24.3 Å². The van der Waals surface area contributed by atoms with Crippen LogP contribution >= 0.6 is 0 Å². The van der Waals surface area contributed by atoms with Crippen LogP contribution in [0.1, 0.15) is 27.0 Å². The van der Waals surface area contributed by atoms with Crippen LogP contribution in [0, 0.1) is 10.1 Å². The number of hydrogen-bond donors (Lipinski definition) is 0. The summed E-state index contributed by atoms with van der Waals surface area (Å²) in [5, 5.41) is 10.7. The molecule has 9 heteroatoms. The molecule has 3 aromatic carbocycles. The molecular weight excluding hydrogens is 432 g/mol. The first kappa shape index (κ1) is 21.7. The van der Waals surface area contributed by atoms with Gasteiger partial charge in [-0.1, -0.05) is 30.3 Å². The zero-order chi connectivity index (χ0) is 22.7. The Morgan fingerprint density at radius 3 is 2.44 bits per heavy atom. The van der Waals surface area contributed by atoms with Crippen LogP contribution in [0.25, 0.3) is 0 Å². The van der Waals surface area contributed by atoms with E-state index in [1.54, 1.807) is 0 Å². The molecule has 8 nitrogen and oxygen atoms in total. The predicted molar refractivity (Wildman–Crippen MR) is 116 cm³/mol. The Bertz CT molecular complexity index is 1270. The van der Waals surface area contributed by atoms with Crippen LogP contribution in [0.2, 0.25) is 0 Å². The average molecular weight is 452 g/mol. The van der Waals surface area contributed by atoms with Gasteiger partial charge < -0.3 is 4.74 Å². The van der Waals surface area contributed by atoms with Gasteiger partial charge in [0, 0.05) is 25.2 Å². The van der Waals surface area contributed by atoms with Gasteiger partial charge in [-0.05, 0) is 53.4 Å². The number of nitro groups is 1. The first-order chi connectivity index (χ1) is 15.3. The van der Waals surface area contributed by atoms with E-state index in [9.17, 15) is 23.3 Å². The molecule has 3 aromatic rings.